The molecule has 0 unspecified atom stereocenters. The van der Waals surface area contributed by atoms with E-state index in [1.54, 1.807) is 7.11 Å². The Morgan fingerprint density at radius 1 is 1.33 bits per heavy atom. The molecule has 0 amide bonds. The van der Waals surface area contributed by atoms with Gasteiger partial charge in [-0.15, -0.1) is 0 Å². The molecule has 1 N–H and O–H groups in total. The van der Waals surface area contributed by atoms with Gasteiger partial charge in [0.2, 0.25) is 0 Å². The van der Waals surface area contributed by atoms with Gasteiger partial charge in [0, 0.05) is 38.7 Å². The van der Waals surface area contributed by atoms with Crippen LogP contribution in [0.1, 0.15) is 18.5 Å². The highest BCUT2D eigenvalue weighted by atomic mass is 16.5. The molecule has 1 heterocycles. The van der Waals surface area contributed by atoms with Gasteiger partial charge >= 0.3 is 0 Å². The number of ether oxygens (including phenoxy) is 1. The van der Waals surface area contributed by atoms with E-state index in [9.17, 15) is 0 Å². The molecule has 0 bridgehead atoms. The molecule has 0 spiro atoms. The zero-order valence-electron chi connectivity index (χ0n) is 9.35. The standard InChI is InChI=1S/C12H20NO2/c1-15-11-5-9-13-8-3-2-6-12(13)7-4-10-14/h2-3,6,8,14H,4-5,7,9-11H2,1H3/q+1. The van der Waals surface area contributed by atoms with Crippen molar-refractivity contribution in [3.05, 3.63) is 30.1 Å². The van der Waals surface area contributed by atoms with Gasteiger partial charge in [-0.3, -0.25) is 0 Å². The van der Waals surface area contributed by atoms with E-state index in [1.165, 1.54) is 5.69 Å². The topological polar surface area (TPSA) is 33.3 Å². The Hall–Kier alpha value is -0.930. The molecule has 0 saturated carbocycles. The lowest BCUT2D eigenvalue weighted by Crippen LogP contribution is -2.38. The normalized spacial score (nSPS) is 10.5. The number of aliphatic hydroxyl groups excluding tert-OH is 1. The van der Waals surface area contributed by atoms with Gasteiger partial charge in [-0.1, -0.05) is 6.07 Å². The van der Waals surface area contributed by atoms with Crippen LogP contribution in [0.4, 0.5) is 0 Å². The zero-order chi connectivity index (χ0) is 10.9. The Kier molecular flexibility index (Phi) is 5.97. The van der Waals surface area contributed by atoms with Crippen molar-refractivity contribution in [2.75, 3.05) is 20.3 Å². The van der Waals surface area contributed by atoms with Crippen molar-refractivity contribution in [1.82, 2.24) is 0 Å². The van der Waals surface area contributed by atoms with Crippen molar-refractivity contribution in [3.63, 3.8) is 0 Å². The van der Waals surface area contributed by atoms with E-state index < -0.39 is 0 Å². The number of hydrogen-bond acceptors (Lipinski definition) is 2. The highest BCUT2D eigenvalue weighted by Gasteiger charge is 2.07. The molecular weight excluding hydrogens is 190 g/mol. The van der Waals surface area contributed by atoms with Crippen LogP contribution in [0, 0.1) is 0 Å². The predicted octanol–water partition coefficient (Wildman–Crippen LogP) is 0.935. The minimum atomic E-state index is 0.257. The maximum absolute atomic E-state index is 8.80. The largest absolute Gasteiger partial charge is 0.396 e. The highest BCUT2D eigenvalue weighted by Crippen LogP contribution is 1.97. The molecule has 1 aromatic rings. The summed E-state index contributed by atoms with van der Waals surface area (Å²) < 4.78 is 7.26. The molecule has 0 saturated heterocycles. The minimum Gasteiger partial charge on any atom is -0.396 e. The summed E-state index contributed by atoms with van der Waals surface area (Å²) in [6, 6.07) is 6.19. The lowest BCUT2D eigenvalue weighted by Gasteiger charge is -2.02. The zero-order valence-corrected chi connectivity index (χ0v) is 9.35. The second kappa shape index (κ2) is 7.37. The molecule has 1 aromatic heterocycles. The molecule has 15 heavy (non-hydrogen) atoms. The molecule has 1 rings (SSSR count). The lowest BCUT2D eigenvalue weighted by molar-refractivity contribution is -0.704. The van der Waals surface area contributed by atoms with Gasteiger partial charge < -0.3 is 9.84 Å². The number of pyridine rings is 1. The van der Waals surface area contributed by atoms with E-state index in [0.717, 1.165) is 32.4 Å². The third kappa shape index (κ3) is 4.40. The van der Waals surface area contributed by atoms with E-state index in [4.69, 9.17) is 9.84 Å². The van der Waals surface area contributed by atoms with E-state index in [1.807, 2.05) is 12.1 Å². The monoisotopic (exact) mass is 210 g/mol. The summed E-state index contributed by atoms with van der Waals surface area (Å²) in [5.74, 6) is 0. The molecule has 3 nitrogen and oxygen atoms in total. The Morgan fingerprint density at radius 2 is 2.20 bits per heavy atom. The Bertz CT molecular complexity index is 276. The summed E-state index contributed by atoms with van der Waals surface area (Å²) in [6.45, 7) is 2.03. The first-order chi connectivity index (χ1) is 7.38. The summed E-state index contributed by atoms with van der Waals surface area (Å²) in [5, 5.41) is 8.80. The van der Waals surface area contributed by atoms with Crippen LogP contribution in [-0.2, 0) is 17.7 Å². The van der Waals surface area contributed by atoms with Crippen molar-refractivity contribution in [3.8, 4) is 0 Å². The summed E-state index contributed by atoms with van der Waals surface area (Å²) in [5.41, 5.74) is 1.28. The average Bonchev–Trinajstić information content (AvgIpc) is 2.28. The van der Waals surface area contributed by atoms with E-state index in [2.05, 4.69) is 16.8 Å². The summed E-state index contributed by atoms with van der Waals surface area (Å²) in [4.78, 5) is 0. The fourth-order valence-corrected chi connectivity index (χ4v) is 1.60. The maximum Gasteiger partial charge on any atom is 0.181 e. The van der Waals surface area contributed by atoms with Gasteiger partial charge in [-0.05, 0) is 6.42 Å². The summed E-state index contributed by atoms with van der Waals surface area (Å²) >= 11 is 0. The molecule has 84 valence electrons. The van der Waals surface area contributed by atoms with Crippen molar-refractivity contribution >= 4 is 0 Å². The van der Waals surface area contributed by atoms with Gasteiger partial charge in [0.05, 0.1) is 6.61 Å². The first-order valence-electron chi connectivity index (χ1n) is 5.45. The number of aromatic nitrogens is 1. The molecule has 0 fully saturated rings. The van der Waals surface area contributed by atoms with Crippen LogP contribution in [0.15, 0.2) is 24.4 Å². The Balaban J connectivity index is 2.52. The number of methoxy groups -OCH3 is 1. The van der Waals surface area contributed by atoms with Gasteiger partial charge in [0.1, 0.15) is 0 Å². The predicted molar refractivity (Wildman–Crippen MR) is 58.5 cm³/mol. The van der Waals surface area contributed by atoms with Crippen LogP contribution in [0.3, 0.4) is 0 Å². The van der Waals surface area contributed by atoms with Gasteiger partial charge in [-0.2, -0.15) is 0 Å². The van der Waals surface area contributed by atoms with Crippen LogP contribution in [-0.4, -0.2) is 25.4 Å². The lowest BCUT2D eigenvalue weighted by atomic mass is 10.2. The van der Waals surface area contributed by atoms with Crippen molar-refractivity contribution < 1.29 is 14.4 Å². The van der Waals surface area contributed by atoms with Crippen LogP contribution < -0.4 is 4.57 Å². The van der Waals surface area contributed by atoms with Crippen molar-refractivity contribution in [2.24, 2.45) is 0 Å². The first-order valence-corrected chi connectivity index (χ1v) is 5.45. The number of aliphatic hydroxyl groups is 1. The quantitative estimate of drug-likeness (QED) is 0.536. The molecule has 0 aliphatic carbocycles. The second-order valence-corrected chi connectivity index (χ2v) is 3.56. The van der Waals surface area contributed by atoms with E-state index >= 15 is 0 Å². The molecule has 0 radical (unpaired) electrons. The Labute approximate surface area is 91.3 Å². The third-order valence-corrected chi connectivity index (χ3v) is 2.37. The second-order valence-electron chi connectivity index (χ2n) is 3.56. The highest BCUT2D eigenvalue weighted by molar-refractivity contribution is 4.97. The summed E-state index contributed by atoms with van der Waals surface area (Å²) in [7, 11) is 1.72. The molecule has 0 aliphatic heterocycles. The summed E-state index contributed by atoms with van der Waals surface area (Å²) in [6.07, 6.45) is 4.87. The van der Waals surface area contributed by atoms with Crippen molar-refractivity contribution in [2.45, 2.75) is 25.8 Å². The molecule has 0 aliphatic rings. The Morgan fingerprint density at radius 3 is 2.93 bits per heavy atom. The number of rotatable bonds is 7. The SMILES string of the molecule is COCCC[n+]1ccccc1CCCO. The van der Waals surface area contributed by atoms with Gasteiger partial charge in [-0.25, -0.2) is 4.57 Å². The fourth-order valence-electron chi connectivity index (χ4n) is 1.60. The van der Waals surface area contributed by atoms with Crippen LogP contribution in [0.2, 0.25) is 0 Å². The van der Waals surface area contributed by atoms with Crippen LogP contribution in [0.5, 0.6) is 0 Å². The first kappa shape index (κ1) is 12.1. The van der Waals surface area contributed by atoms with Crippen LogP contribution in [0.25, 0.3) is 0 Å². The van der Waals surface area contributed by atoms with E-state index in [0.29, 0.717) is 0 Å². The molecule has 0 atom stereocenters. The van der Waals surface area contributed by atoms with Gasteiger partial charge in [0.15, 0.2) is 18.4 Å². The number of aryl methyl sites for hydroxylation is 2. The maximum atomic E-state index is 8.80. The van der Waals surface area contributed by atoms with Crippen LogP contribution >= 0.6 is 0 Å². The minimum absolute atomic E-state index is 0.257. The molecular formula is C12H20NO2+. The average molecular weight is 210 g/mol. The molecule has 0 aromatic carbocycles. The number of hydrogen-bond donors (Lipinski definition) is 1. The number of nitrogens with zero attached hydrogens (tertiary/aromatic N) is 1. The van der Waals surface area contributed by atoms with E-state index in [-0.39, 0.29) is 6.61 Å². The molecule has 3 heteroatoms. The smallest absolute Gasteiger partial charge is 0.181 e. The third-order valence-electron chi connectivity index (χ3n) is 2.37. The van der Waals surface area contributed by atoms with Crippen molar-refractivity contribution in [1.29, 1.82) is 0 Å². The fraction of sp³-hybridized carbons (Fsp3) is 0.583. The van der Waals surface area contributed by atoms with Gasteiger partial charge in [0.25, 0.3) is 0 Å².